The van der Waals surface area contributed by atoms with Crippen LogP contribution < -0.4 is 22.5 Å². The number of fused-ring (bicyclic) bond motifs is 1. The molecule has 0 radical (unpaired) electrons. The summed E-state index contributed by atoms with van der Waals surface area (Å²) in [4.78, 5) is 22.9. The van der Waals surface area contributed by atoms with Gasteiger partial charge in [0.1, 0.15) is 11.0 Å². The number of amides is 2. The van der Waals surface area contributed by atoms with E-state index in [2.05, 4.69) is 8.75 Å². The summed E-state index contributed by atoms with van der Waals surface area (Å²) in [6.07, 6.45) is 0. The number of nitrogens with one attached hydrogen (secondary N) is 2. The van der Waals surface area contributed by atoms with Crippen molar-refractivity contribution in [2.45, 2.75) is 0 Å². The third-order valence-electron chi connectivity index (χ3n) is 2.17. The molecule has 0 bridgehead atoms. The largest absolute Gasteiger partial charge is 0.290 e. The van der Waals surface area contributed by atoms with Crippen molar-refractivity contribution in [2.24, 2.45) is 11.7 Å². The van der Waals surface area contributed by atoms with Crippen LogP contribution in [-0.2, 0) is 0 Å². The van der Waals surface area contributed by atoms with E-state index in [4.69, 9.17) is 11.7 Å². The lowest BCUT2D eigenvalue weighted by atomic mass is 10.1. The number of nitrogen functional groups attached to an aromatic ring is 2. The Morgan fingerprint density at radius 1 is 1.00 bits per heavy atom. The highest BCUT2D eigenvalue weighted by atomic mass is 32.1. The van der Waals surface area contributed by atoms with E-state index in [1.807, 2.05) is 10.9 Å². The van der Waals surface area contributed by atoms with Gasteiger partial charge in [0, 0.05) is 0 Å². The normalized spacial score (nSPS) is 10.2. The van der Waals surface area contributed by atoms with Crippen molar-refractivity contribution >= 4 is 34.6 Å². The van der Waals surface area contributed by atoms with Crippen molar-refractivity contribution in [2.75, 3.05) is 0 Å². The van der Waals surface area contributed by atoms with Gasteiger partial charge in [0.25, 0.3) is 11.8 Å². The molecule has 0 aliphatic heterocycles. The monoisotopic (exact) mass is 252 g/mol. The van der Waals surface area contributed by atoms with E-state index >= 15 is 0 Å². The first-order valence-electron chi connectivity index (χ1n) is 4.46. The summed E-state index contributed by atoms with van der Waals surface area (Å²) in [6, 6.07) is 2.88. The van der Waals surface area contributed by atoms with E-state index in [0.717, 1.165) is 11.7 Å². The topological polar surface area (TPSA) is 136 Å². The third kappa shape index (κ3) is 1.82. The third-order valence-corrected chi connectivity index (χ3v) is 2.70. The summed E-state index contributed by atoms with van der Waals surface area (Å²) in [5, 5.41) is 0. The molecule has 0 saturated carbocycles. The Balaban J connectivity index is 2.67. The summed E-state index contributed by atoms with van der Waals surface area (Å²) < 4.78 is 7.92. The zero-order valence-corrected chi connectivity index (χ0v) is 9.25. The van der Waals surface area contributed by atoms with Gasteiger partial charge in [0.05, 0.1) is 22.9 Å². The van der Waals surface area contributed by atoms with E-state index in [-0.39, 0.29) is 11.1 Å². The quantitative estimate of drug-likeness (QED) is 0.304. The SMILES string of the molecule is NNC(=O)c1ccc(C(=O)NN)c2nsnc12. The van der Waals surface area contributed by atoms with Crippen LogP contribution in [0.5, 0.6) is 0 Å². The second-order valence-electron chi connectivity index (χ2n) is 3.07. The molecule has 1 aromatic carbocycles. The maximum atomic E-state index is 11.5. The number of hydrazine groups is 2. The zero-order valence-electron chi connectivity index (χ0n) is 8.43. The first-order valence-corrected chi connectivity index (χ1v) is 5.19. The predicted molar refractivity (Wildman–Crippen MR) is 60.7 cm³/mol. The van der Waals surface area contributed by atoms with Crippen LogP contribution in [0.4, 0.5) is 0 Å². The van der Waals surface area contributed by atoms with Gasteiger partial charge in [-0.2, -0.15) is 8.75 Å². The molecule has 0 spiro atoms. The Bertz CT molecular complexity index is 545. The summed E-state index contributed by atoms with van der Waals surface area (Å²) in [5.74, 6) is 9.09. The number of rotatable bonds is 2. The Kier molecular flexibility index (Phi) is 2.95. The molecule has 2 aromatic rings. The Labute approximate surface area is 99.2 Å². The van der Waals surface area contributed by atoms with Gasteiger partial charge in [0.2, 0.25) is 0 Å². The molecule has 17 heavy (non-hydrogen) atoms. The first-order chi connectivity index (χ1) is 8.19. The smallest absolute Gasteiger partial charge is 0.267 e. The molecule has 6 N–H and O–H groups in total. The minimum Gasteiger partial charge on any atom is -0.290 e. The average Bonchev–Trinajstić information content (AvgIpc) is 2.84. The van der Waals surface area contributed by atoms with Crippen molar-refractivity contribution in [3.05, 3.63) is 23.3 Å². The number of nitrogens with zero attached hydrogens (tertiary/aromatic N) is 2. The molecule has 0 fully saturated rings. The molecule has 8 nitrogen and oxygen atoms in total. The number of carbonyl (C=O) groups is 2. The van der Waals surface area contributed by atoms with Crippen LogP contribution in [-0.4, -0.2) is 20.6 Å². The molecule has 9 heteroatoms. The van der Waals surface area contributed by atoms with E-state index in [1.165, 1.54) is 12.1 Å². The number of benzene rings is 1. The van der Waals surface area contributed by atoms with Gasteiger partial charge in [0.15, 0.2) is 0 Å². The number of carbonyl (C=O) groups excluding carboxylic acids is 2. The van der Waals surface area contributed by atoms with Crippen LogP contribution in [0.1, 0.15) is 20.7 Å². The Morgan fingerprint density at radius 3 is 1.76 bits per heavy atom. The van der Waals surface area contributed by atoms with Crippen molar-refractivity contribution in [3.63, 3.8) is 0 Å². The van der Waals surface area contributed by atoms with Crippen molar-refractivity contribution in [1.29, 1.82) is 0 Å². The first kappa shape index (κ1) is 11.4. The van der Waals surface area contributed by atoms with Gasteiger partial charge in [-0.05, 0) is 12.1 Å². The van der Waals surface area contributed by atoms with E-state index in [0.29, 0.717) is 11.0 Å². The lowest BCUT2D eigenvalue weighted by molar-refractivity contribution is 0.0944. The second-order valence-corrected chi connectivity index (χ2v) is 3.60. The van der Waals surface area contributed by atoms with Crippen molar-refractivity contribution in [3.8, 4) is 0 Å². The van der Waals surface area contributed by atoms with Gasteiger partial charge in [-0.3, -0.25) is 20.4 Å². The van der Waals surface area contributed by atoms with Crippen molar-refractivity contribution < 1.29 is 9.59 Å². The van der Waals surface area contributed by atoms with Crippen LogP contribution in [0.15, 0.2) is 12.1 Å². The fourth-order valence-electron chi connectivity index (χ4n) is 1.39. The summed E-state index contributed by atoms with van der Waals surface area (Å²) in [6.45, 7) is 0. The highest BCUT2D eigenvalue weighted by Crippen LogP contribution is 2.20. The van der Waals surface area contributed by atoms with Gasteiger partial charge < -0.3 is 0 Å². The molecular weight excluding hydrogens is 244 g/mol. The molecule has 1 heterocycles. The van der Waals surface area contributed by atoms with E-state index in [1.54, 1.807) is 0 Å². The molecule has 0 atom stereocenters. The summed E-state index contributed by atoms with van der Waals surface area (Å²) in [7, 11) is 0. The minimum atomic E-state index is -0.498. The fraction of sp³-hybridized carbons (Fsp3) is 0. The van der Waals surface area contributed by atoms with Gasteiger partial charge >= 0.3 is 0 Å². The Hall–Kier alpha value is -2.10. The zero-order chi connectivity index (χ0) is 12.4. The Morgan fingerprint density at radius 2 is 1.41 bits per heavy atom. The van der Waals surface area contributed by atoms with E-state index in [9.17, 15) is 9.59 Å². The van der Waals surface area contributed by atoms with E-state index < -0.39 is 11.8 Å². The predicted octanol–water partition coefficient (Wildman–Crippen LogP) is -1.10. The number of hydrogen-bond donors (Lipinski definition) is 4. The summed E-state index contributed by atoms with van der Waals surface area (Å²) >= 11 is 0.895. The van der Waals surface area contributed by atoms with Crippen LogP contribution >= 0.6 is 11.7 Å². The molecule has 0 unspecified atom stereocenters. The average molecular weight is 252 g/mol. The van der Waals surface area contributed by atoms with Crippen LogP contribution in [0.25, 0.3) is 11.0 Å². The van der Waals surface area contributed by atoms with Gasteiger partial charge in [-0.25, -0.2) is 11.7 Å². The molecule has 88 valence electrons. The number of hydrogen-bond acceptors (Lipinski definition) is 7. The van der Waals surface area contributed by atoms with Crippen LogP contribution in [0.3, 0.4) is 0 Å². The van der Waals surface area contributed by atoms with Gasteiger partial charge in [-0.1, -0.05) is 0 Å². The number of aromatic nitrogens is 2. The maximum Gasteiger partial charge on any atom is 0.267 e. The lowest BCUT2D eigenvalue weighted by Gasteiger charge is -2.03. The molecule has 2 amide bonds. The van der Waals surface area contributed by atoms with Gasteiger partial charge in [-0.15, -0.1) is 0 Å². The lowest BCUT2D eigenvalue weighted by Crippen LogP contribution is -2.31. The van der Waals surface area contributed by atoms with Crippen LogP contribution in [0.2, 0.25) is 0 Å². The molecule has 1 aromatic heterocycles. The number of nitrogens with two attached hydrogens (primary N) is 2. The second kappa shape index (κ2) is 4.41. The van der Waals surface area contributed by atoms with Crippen molar-refractivity contribution in [1.82, 2.24) is 19.6 Å². The molecule has 0 aliphatic rings. The minimum absolute atomic E-state index is 0.254. The highest BCUT2D eigenvalue weighted by Gasteiger charge is 2.18. The molecule has 0 saturated heterocycles. The van der Waals surface area contributed by atoms with Crippen LogP contribution in [0, 0.1) is 0 Å². The molecule has 0 aliphatic carbocycles. The molecular formula is C8H8N6O2S. The molecule has 2 rings (SSSR count). The summed E-state index contributed by atoms with van der Waals surface area (Å²) in [5.41, 5.74) is 5.14. The maximum absolute atomic E-state index is 11.5. The highest BCUT2D eigenvalue weighted by molar-refractivity contribution is 7.00. The fourth-order valence-corrected chi connectivity index (χ4v) is 1.96. The standard InChI is InChI=1S/C8H8N6O2S/c9-11-7(15)3-1-2-4(8(16)12-10)6-5(3)13-17-14-6/h1-2H,9-10H2,(H,11,15)(H,12,16).